The fourth-order valence-electron chi connectivity index (χ4n) is 2.68. The van der Waals surface area contributed by atoms with Crippen LogP contribution in [0.25, 0.3) is 0 Å². The molecule has 0 saturated carbocycles. The van der Waals surface area contributed by atoms with Gasteiger partial charge in [0.05, 0.1) is 10.9 Å². The zero-order valence-corrected chi connectivity index (χ0v) is 15.8. The lowest BCUT2D eigenvalue weighted by molar-refractivity contribution is 0.119. The number of aryl methyl sites for hydroxylation is 2. The van der Waals surface area contributed by atoms with E-state index in [1.807, 2.05) is 19.9 Å². The molecule has 3 heterocycles. The lowest BCUT2D eigenvalue weighted by Crippen LogP contribution is -2.44. The summed E-state index contributed by atoms with van der Waals surface area (Å²) in [6.07, 6.45) is 1.24. The fourth-order valence-corrected chi connectivity index (χ4v) is 5.83. The van der Waals surface area contributed by atoms with Gasteiger partial charge in [-0.05, 0) is 44.9 Å². The van der Waals surface area contributed by atoms with Gasteiger partial charge < -0.3 is 4.74 Å². The van der Waals surface area contributed by atoms with Gasteiger partial charge in [0.25, 0.3) is 10.0 Å². The van der Waals surface area contributed by atoms with Crippen molar-refractivity contribution in [3.05, 3.63) is 33.9 Å². The molecule has 0 spiro atoms. The Morgan fingerprint density at radius 1 is 1.29 bits per heavy atom. The van der Waals surface area contributed by atoms with E-state index in [4.69, 9.17) is 16.3 Å². The summed E-state index contributed by atoms with van der Waals surface area (Å²) in [5, 5.41) is 0. The molecule has 0 bridgehead atoms. The van der Waals surface area contributed by atoms with Crippen molar-refractivity contribution in [1.82, 2.24) is 14.3 Å². The van der Waals surface area contributed by atoms with Gasteiger partial charge in [0.15, 0.2) is 0 Å². The van der Waals surface area contributed by atoms with E-state index in [0.717, 1.165) is 35.6 Å². The van der Waals surface area contributed by atoms with E-state index in [1.54, 1.807) is 12.1 Å². The van der Waals surface area contributed by atoms with Crippen LogP contribution >= 0.6 is 22.9 Å². The van der Waals surface area contributed by atoms with Gasteiger partial charge >= 0.3 is 6.01 Å². The number of piperidine rings is 1. The van der Waals surface area contributed by atoms with E-state index in [-0.39, 0.29) is 16.9 Å². The average Bonchev–Trinajstić information content (AvgIpc) is 2.94. The Kier molecular flexibility index (Phi) is 5.10. The van der Waals surface area contributed by atoms with Crippen LogP contribution in [0.15, 0.2) is 22.4 Å². The predicted molar refractivity (Wildman–Crippen MR) is 93.2 cm³/mol. The van der Waals surface area contributed by atoms with Crippen LogP contribution in [0.1, 0.15) is 24.2 Å². The zero-order chi connectivity index (χ0) is 17.3. The summed E-state index contributed by atoms with van der Waals surface area (Å²) in [6.45, 7) is 4.51. The Hall–Kier alpha value is -1.22. The molecule has 0 aromatic carbocycles. The highest BCUT2D eigenvalue weighted by molar-refractivity contribution is 7.91. The number of aromatic nitrogens is 2. The second-order valence-electron chi connectivity index (χ2n) is 5.74. The van der Waals surface area contributed by atoms with Gasteiger partial charge in [-0.25, -0.2) is 18.4 Å². The Morgan fingerprint density at radius 3 is 2.62 bits per heavy atom. The minimum absolute atomic E-state index is 0.259. The average molecular weight is 388 g/mol. The highest BCUT2D eigenvalue weighted by Crippen LogP contribution is 2.30. The van der Waals surface area contributed by atoms with Gasteiger partial charge in [-0.2, -0.15) is 4.31 Å². The lowest BCUT2D eigenvalue weighted by atomic mass is 10.1. The van der Waals surface area contributed by atoms with Crippen molar-refractivity contribution in [2.75, 3.05) is 13.1 Å². The molecule has 1 fully saturated rings. The number of hydrogen-bond donors (Lipinski definition) is 0. The van der Waals surface area contributed by atoms with Crippen LogP contribution in [0.3, 0.4) is 0 Å². The molecule has 9 heteroatoms. The summed E-state index contributed by atoms with van der Waals surface area (Å²) in [6, 6.07) is 5.31. The van der Waals surface area contributed by atoms with E-state index >= 15 is 0 Å². The number of nitrogens with zero attached hydrogens (tertiary/aromatic N) is 3. The Morgan fingerprint density at radius 2 is 2.00 bits per heavy atom. The SMILES string of the molecule is Cc1cc(C)nc(OC2CCCN(S(=O)(=O)c3ccc(Cl)s3)C2)n1. The highest BCUT2D eigenvalue weighted by atomic mass is 35.5. The first-order valence-corrected chi connectivity index (χ1v) is 10.2. The van der Waals surface area contributed by atoms with Crippen LogP contribution < -0.4 is 4.74 Å². The molecule has 0 N–H and O–H groups in total. The van der Waals surface area contributed by atoms with E-state index < -0.39 is 10.0 Å². The standard InChI is InChI=1S/C15H18ClN3O3S2/c1-10-8-11(2)18-15(17-10)22-12-4-3-7-19(9-12)24(20,21)14-6-5-13(16)23-14/h5-6,8,12H,3-4,7,9H2,1-2H3. The van der Waals surface area contributed by atoms with Crippen molar-refractivity contribution in [2.24, 2.45) is 0 Å². The third-order valence-corrected chi connectivity index (χ3v) is 7.28. The summed E-state index contributed by atoms with van der Waals surface area (Å²) < 4.78 is 33.4. The van der Waals surface area contributed by atoms with Crippen molar-refractivity contribution in [1.29, 1.82) is 0 Å². The first-order chi connectivity index (χ1) is 11.3. The third-order valence-electron chi connectivity index (χ3n) is 3.72. The summed E-state index contributed by atoms with van der Waals surface area (Å²) in [7, 11) is -3.54. The molecular weight excluding hydrogens is 370 g/mol. The van der Waals surface area contributed by atoms with Crippen molar-refractivity contribution in [3.8, 4) is 6.01 Å². The number of hydrogen-bond acceptors (Lipinski definition) is 6. The molecule has 24 heavy (non-hydrogen) atoms. The van der Waals surface area contributed by atoms with Crippen LogP contribution in [-0.2, 0) is 10.0 Å². The second kappa shape index (κ2) is 6.95. The molecule has 130 valence electrons. The van der Waals surface area contributed by atoms with Crippen LogP contribution in [0.4, 0.5) is 0 Å². The molecule has 1 aliphatic heterocycles. The number of ether oxygens (including phenoxy) is 1. The van der Waals surface area contributed by atoms with Gasteiger partial charge in [0, 0.05) is 17.9 Å². The minimum Gasteiger partial charge on any atom is -0.459 e. The first-order valence-electron chi connectivity index (χ1n) is 7.59. The van der Waals surface area contributed by atoms with Gasteiger partial charge in [-0.1, -0.05) is 11.6 Å². The second-order valence-corrected chi connectivity index (χ2v) is 9.62. The van der Waals surface area contributed by atoms with E-state index in [0.29, 0.717) is 16.9 Å². The topological polar surface area (TPSA) is 72.4 Å². The Bertz CT molecular complexity index is 818. The molecule has 2 aromatic heterocycles. The number of halogens is 1. The summed E-state index contributed by atoms with van der Waals surface area (Å²) >= 11 is 6.93. The molecule has 0 aliphatic carbocycles. The first kappa shape index (κ1) is 17.6. The molecular formula is C15H18ClN3O3S2. The zero-order valence-electron chi connectivity index (χ0n) is 13.4. The molecule has 2 aromatic rings. The molecule has 3 rings (SSSR count). The fraction of sp³-hybridized carbons (Fsp3) is 0.467. The number of sulfonamides is 1. The quantitative estimate of drug-likeness (QED) is 0.806. The van der Waals surface area contributed by atoms with Crippen LogP contribution in [0, 0.1) is 13.8 Å². The van der Waals surface area contributed by atoms with E-state index in [9.17, 15) is 8.42 Å². The van der Waals surface area contributed by atoms with Crippen molar-refractivity contribution < 1.29 is 13.2 Å². The molecule has 0 radical (unpaired) electrons. The van der Waals surface area contributed by atoms with Gasteiger partial charge in [0.1, 0.15) is 10.3 Å². The molecule has 1 unspecified atom stereocenters. The van der Waals surface area contributed by atoms with Gasteiger partial charge in [0.2, 0.25) is 0 Å². The number of rotatable bonds is 4. The highest BCUT2D eigenvalue weighted by Gasteiger charge is 2.32. The van der Waals surface area contributed by atoms with Crippen molar-refractivity contribution in [3.63, 3.8) is 0 Å². The normalized spacial score (nSPS) is 19.4. The molecule has 0 amide bonds. The predicted octanol–water partition coefficient (Wildman–Crippen LogP) is 3.04. The van der Waals surface area contributed by atoms with Crippen molar-refractivity contribution in [2.45, 2.75) is 37.0 Å². The summed E-state index contributed by atoms with van der Waals surface area (Å²) in [5.41, 5.74) is 1.65. The van der Waals surface area contributed by atoms with Crippen LogP contribution in [0.2, 0.25) is 4.34 Å². The Balaban J connectivity index is 1.74. The van der Waals surface area contributed by atoms with Crippen molar-refractivity contribution >= 4 is 33.0 Å². The maximum Gasteiger partial charge on any atom is 0.317 e. The smallest absolute Gasteiger partial charge is 0.317 e. The monoisotopic (exact) mass is 387 g/mol. The molecule has 1 atom stereocenters. The van der Waals surface area contributed by atoms with Crippen LogP contribution in [0.5, 0.6) is 6.01 Å². The van der Waals surface area contributed by atoms with Crippen LogP contribution in [-0.4, -0.2) is 41.9 Å². The number of thiophene rings is 1. The maximum atomic E-state index is 12.7. The van der Waals surface area contributed by atoms with E-state index in [2.05, 4.69) is 9.97 Å². The lowest BCUT2D eigenvalue weighted by Gasteiger charge is -2.31. The summed E-state index contributed by atoms with van der Waals surface area (Å²) in [4.78, 5) is 8.52. The van der Waals surface area contributed by atoms with E-state index in [1.165, 1.54) is 4.31 Å². The maximum absolute atomic E-state index is 12.7. The molecule has 6 nitrogen and oxygen atoms in total. The summed E-state index contributed by atoms with van der Waals surface area (Å²) in [5.74, 6) is 0. The minimum atomic E-state index is -3.54. The third kappa shape index (κ3) is 3.88. The molecule has 1 aliphatic rings. The molecule has 1 saturated heterocycles. The van der Waals surface area contributed by atoms with Gasteiger partial charge in [-0.15, -0.1) is 11.3 Å². The Labute approximate surface area is 150 Å². The van der Waals surface area contributed by atoms with Gasteiger partial charge in [-0.3, -0.25) is 0 Å². The largest absolute Gasteiger partial charge is 0.459 e.